The summed E-state index contributed by atoms with van der Waals surface area (Å²) in [5, 5.41) is 18.2. The Labute approximate surface area is 194 Å². The van der Waals surface area contributed by atoms with Crippen LogP contribution in [-0.4, -0.2) is 59.4 Å². The number of hydrogen-bond donors (Lipinski definition) is 2. The fourth-order valence-corrected chi connectivity index (χ4v) is 5.43. The van der Waals surface area contributed by atoms with Gasteiger partial charge in [0.2, 0.25) is 0 Å². The van der Waals surface area contributed by atoms with Gasteiger partial charge in [-0.25, -0.2) is 4.79 Å². The van der Waals surface area contributed by atoms with Crippen LogP contribution in [0.2, 0.25) is 0 Å². The molecule has 2 fully saturated rings. The van der Waals surface area contributed by atoms with E-state index >= 15 is 0 Å². The predicted octanol–water partition coefficient (Wildman–Crippen LogP) is 3.15. The van der Waals surface area contributed by atoms with Gasteiger partial charge in [-0.15, -0.1) is 0 Å². The molecule has 0 bridgehead atoms. The first-order valence-electron chi connectivity index (χ1n) is 11.8. The fourth-order valence-electron chi connectivity index (χ4n) is 5.43. The zero-order valence-corrected chi connectivity index (χ0v) is 19.5. The van der Waals surface area contributed by atoms with Crippen molar-refractivity contribution in [2.45, 2.75) is 57.1 Å². The van der Waals surface area contributed by atoms with Crippen LogP contribution < -0.4 is 5.32 Å². The topological polar surface area (TPSA) is 102 Å². The van der Waals surface area contributed by atoms with Crippen LogP contribution >= 0.6 is 0 Å². The maximum absolute atomic E-state index is 13.3. The molecule has 178 valence electrons. The van der Waals surface area contributed by atoms with Gasteiger partial charge < -0.3 is 24.2 Å². The van der Waals surface area contributed by atoms with Gasteiger partial charge in [-0.05, 0) is 25.3 Å². The number of likely N-dealkylation sites (N-methyl/N-ethyl adjacent to an activating group) is 1. The number of rotatable bonds is 8. The van der Waals surface area contributed by atoms with Crippen molar-refractivity contribution in [2.75, 3.05) is 32.1 Å². The first-order chi connectivity index (χ1) is 15.8. The molecular weight excluding hydrogens is 422 g/mol. The number of benzene rings is 1. The molecule has 2 N–H and O–H groups in total. The van der Waals surface area contributed by atoms with Gasteiger partial charge >= 0.3 is 5.97 Å². The lowest BCUT2D eigenvalue weighted by molar-refractivity contribution is -0.913. The lowest BCUT2D eigenvalue weighted by Gasteiger charge is -2.36. The summed E-state index contributed by atoms with van der Waals surface area (Å²) < 4.78 is 11.3. The lowest BCUT2D eigenvalue weighted by atomic mass is 9.80. The summed E-state index contributed by atoms with van der Waals surface area (Å²) in [7, 11) is 2.01. The van der Waals surface area contributed by atoms with E-state index in [1.54, 1.807) is 25.1 Å². The Morgan fingerprint density at radius 1 is 1.21 bits per heavy atom. The number of aliphatic hydroxyl groups is 1. The second-order valence-corrected chi connectivity index (χ2v) is 9.74. The molecule has 3 atom stereocenters. The molecule has 2 aliphatic rings. The molecule has 1 aliphatic carbocycles. The number of esters is 1. The van der Waals surface area contributed by atoms with Gasteiger partial charge in [-0.1, -0.05) is 48.3 Å². The predicted molar refractivity (Wildman–Crippen MR) is 122 cm³/mol. The molecule has 1 aliphatic heterocycles. The summed E-state index contributed by atoms with van der Waals surface area (Å²) in [6.07, 6.45) is 5.42. The van der Waals surface area contributed by atoms with Crippen LogP contribution in [0.25, 0.3) is 0 Å². The number of nitrogens with zero attached hydrogens (tertiary/aromatic N) is 2. The number of aromatic nitrogens is 1. The van der Waals surface area contributed by atoms with Crippen molar-refractivity contribution in [3.63, 3.8) is 0 Å². The van der Waals surface area contributed by atoms with Gasteiger partial charge in [-0.3, -0.25) is 4.79 Å². The Bertz CT molecular complexity index is 971. The highest BCUT2D eigenvalue weighted by Gasteiger charge is 2.49. The molecular formula is C25H34N3O5+. The molecule has 1 saturated heterocycles. The van der Waals surface area contributed by atoms with Crippen molar-refractivity contribution in [3.8, 4) is 0 Å². The lowest BCUT2D eigenvalue weighted by Crippen LogP contribution is -2.54. The molecule has 2 heterocycles. The maximum Gasteiger partial charge on any atom is 0.343 e. The molecule has 2 aromatic rings. The van der Waals surface area contributed by atoms with E-state index in [2.05, 4.69) is 10.5 Å². The minimum Gasteiger partial charge on any atom is -0.457 e. The van der Waals surface area contributed by atoms with E-state index < -0.39 is 11.6 Å². The average Bonchev–Trinajstić information content (AvgIpc) is 3.54. The monoisotopic (exact) mass is 456 g/mol. The fraction of sp³-hybridized carbons (Fsp3) is 0.560. The number of carbonyl (C=O) groups excluding carboxylic acids is 2. The molecule has 8 nitrogen and oxygen atoms in total. The van der Waals surface area contributed by atoms with Crippen molar-refractivity contribution in [3.05, 3.63) is 47.7 Å². The van der Waals surface area contributed by atoms with Crippen molar-refractivity contribution >= 4 is 17.7 Å². The van der Waals surface area contributed by atoms with Crippen LogP contribution in [0.3, 0.4) is 0 Å². The van der Waals surface area contributed by atoms with Gasteiger partial charge in [-0.2, -0.15) is 0 Å². The van der Waals surface area contributed by atoms with E-state index in [0.29, 0.717) is 21.6 Å². The zero-order valence-electron chi connectivity index (χ0n) is 19.5. The van der Waals surface area contributed by atoms with E-state index in [1.165, 1.54) is 0 Å². The SMILES string of the molecule is Cc1cc(NC(=O)C[N@@+]2(C)CCCC2COC(=O)C(O)(c2ccccc2)C2CCCC2)no1. The molecule has 0 spiro atoms. The number of ether oxygens (including phenoxy) is 1. The van der Waals surface area contributed by atoms with Gasteiger partial charge in [0, 0.05) is 24.8 Å². The standard InChI is InChI=1S/C25H33N3O5/c1-18-15-22(27-33-18)26-23(29)16-28(2)14-8-13-21(28)17-32-24(30)25(31,20-11-6-7-12-20)19-9-4-3-5-10-19/h3-5,9-10,15,20-21,31H,6-8,11-14,16-17H2,1-2H3/p+1/t21?,25?,28-/m1/s1. The highest BCUT2D eigenvalue weighted by molar-refractivity contribution is 5.90. The summed E-state index contributed by atoms with van der Waals surface area (Å²) in [4.78, 5) is 25.9. The molecule has 0 radical (unpaired) electrons. The number of nitrogens with one attached hydrogen (secondary N) is 1. The van der Waals surface area contributed by atoms with Crippen molar-refractivity contribution in [1.82, 2.24) is 5.16 Å². The Kier molecular flexibility index (Phi) is 6.86. The van der Waals surface area contributed by atoms with Crippen molar-refractivity contribution < 1.29 is 28.4 Å². The zero-order chi connectivity index (χ0) is 23.5. The molecule has 4 rings (SSSR count). The van der Waals surface area contributed by atoms with E-state index in [1.807, 2.05) is 25.2 Å². The summed E-state index contributed by atoms with van der Waals surface area (Å²) in [6, 6.07) is 10.8. The molecule has 1 saturated carbocycles. The third-order valence-electron chi connectivity index (χ3n) is 7.37. The van der Waals surface area contributed by atoms with Crippen LogP contribution in [0.4, 0.5) is 5.82 Å². The van der Waals surface area contributed by atoms with Crippen LogP contribution in [0.1, 0.15) is 49.8 Å². The smallest absolute Gasteiger partial charge is 0.343 e. The molecule has 1 aromatic heterocycles. The first kappa shape index (κ1) is 23.4. The van der Waals surface area contributed by atoms with E-state index in [9.17, 15) is 14.7 Å². The van der Waals surface area contributed by atoms with Gasteiger partial charge in [0.25, 0.3) is 5.91 Å². The normalized spacial score (nSPS) is 25.0. The molecule has 1 aromatic carbocycles. The molecule has 8 heteroatoms. The van der Waals surface area contributed by atoms with Crippen LogP contribution in [-0.2, 0) is 19.9 Å². The van der Waals surface area contributed by atoms with Crippen LogP contribution in [0, 0.1) is 12.8 Å². The maximum atomic E-state index is 13.3. The average molecular weight is 457 g/mol. The van der Waals surface area contributed by atoms with Crippen molar-refractivity contribution in [1.29, 1.82) is 0 Å². The highest BCUT2D eigenvalue weighted by atomic mass is 16.6. The third kappa shape index (κ3) is 4.96. The van der Waals surface area contributed by atoms with Gasteiger partial charge in [0.1, 0.15) is 18.4 Å². The van der Waals surface area contributed by atoms with Gasteiger partial charge in [0.05, 0.1) is 13.6 Å². The Hall–Kier alpha value is -2.71. The summed E-state index contributed by atoms with van der Waals surface area (Å²) in [5.41, 5.74) is -1.05. The van der Waals surface area contributed by atoms with Crippen LogP contribution in [0.15, 0.2) is 40.9 Å². The van der Waals surface area contributed by atoms with Gasteiger partial charge in [0.15, 0.2) is 18.0 Å². The van der Waals surface area contributed by atoms with Crippen molar-refractivity contribution in [2.24, 2.45) is 5.92 Å². The second-order valence-electron chi connectivity index (χ2n) is 9.74. The number of carbonyl (C=O) groups is 2. The number of amides is 1. The largest absolute Gasteiger partial charge is 0.457 e. The number of aryl methyl sites for hydroxylation is 1. The molecule has 1 amide bonds. The summed E-state index contributed by atoms with van der Waals surface area (Å²) >= 11 is 0. The molecule has 33 heavy (non-hydrogen) atoms. The Balaban J connectivity index is 1.42. The Morgan fingerprint density at radius 3 is 2.61 bits per heavy atom. The molecule has 2 unspecified atom stereocenters. The number of hydrogen-bond acceptors (Lipinski definition) is 6. The summed E-state index contributed by atoms with van der Waals surface area (Å²) in [6.45, 7) is 3.01. The minimum atomic E-state index is -1.64. The number of quaternary nitrogens is 1. The van der Waals surface area contributed by atoms with Crippen LogP contribution in [0.5, 0.6) is 0 Å². The second kappa shape index (κ2) is 9.65. The summed E-state index contributed by atoms with van der Waals surface area (Å²) in [5.74, 6) is 0.145. The number of anilines is 1. The Morgan fingerprint density at radius 2 is 1.94 bits per heavy atom. The highest BCUT2D eigenvalue weighted by Crippen LogP contribution is 2.41. The first-order valence-corrected chi connectivity index (χ1v) is 11.8. The minimum absolute atomic E-state index is 0.0117. The van der Waals surface area contributed by atoms with E-state index in [4.69, 9.17) is 9.26 Å². The third-order valence-corrected chi connectivity index (χ3v) is 7.37. The quantitative estimate of drug-likeness (QED) is 0.467. The van der Waals surface area contributed by atoms with E-state index in [0.717, 1.165) is 45.1 Å². The van der Waals surface area contributed by atoms with E-state index in [-0.39, 0.29) is 31.0 Å². The number of likely N-dealkylation sites (tertiary alicyclic amines) is 1.